The molecular weight excluding hydrogens is 236 g/mol. The zero-order chi connectivity index (χ0) is 12.4. The van der Waals surface area contributed by atoms with Crippen LogP contribution in [0.4, 0.5) is 5.69 Å². The van der Waals surface area contributed by atoms with Gasteiger partial charge >= 0.3 is 0 Å². The fourth-order valence-electron chi connectivity index (χ4n) is 2.48. The molecule has 1 unspecified atom stereocenters. The van der Waals surface area contributed by atoms with E-state index in [0.29, 0.717) is 6.04 Å². The van der Waals surface area contributed by atoms with Crippen LogP contribution < -0.4 is 4.90 Å². The molecule has 0 saturated carbocycles. The highest BCUT2D eigenvalue weighted by Crippen LogP contribution is 2.32. The van der Waals surface area contributed by atoms with Crippen molar-refractivity contribution in [2.75, 3.05) is 31.6 Å². The van der Waals surface area contributed by atoms with Gasteiger partial charge in [0.25, 0.3) is 0 Å². The van der Waals surface area contributed by atoms with Crippen LogP contribution in [0.5, 0.6) is 0 Å². The first-order valence-electron chi connectivity index (χ1n) is 5.97. The van der Waals surface area contributed by atoms with Gasteiger partial charge < -0.3 is 14.9 Å². The molecule has 4 heteroatoms. The molecule has 3 nitrogen and oxygen atoms in total. The van der Waals surface area contributed by atoms with Gasteiger partial charge in [-0.3, -0.25) is 0 Å². The number of nitrogens with zero attached hydrogens (tertiary/aromatic N) is 2. The molecule has 1 aliphatic heterocycles. The third-order valence-corrected chi connectivity index (χ3v) is 3.66. The van der Waals surface area contributed by atoms with Gasteiger partial charge in [0.1, 0.15) is 0 Å². The number of aliphatic hydroxyl groups is 1. The van der Waals surface area contributed by atoms with Gasteiger partial charge in [-0.2, -0.15) is 0 Å². The molecular formula is C13H19ClN2O. The maximum atomic E-state index is 9.42. The lowest BCUT2D eigenvalue weighted by atomic mass is 10.1. The quantitative estimate of drug-likeness (QED) is 0.874. The molecule has 1 N–H and O–H groups in total. The molecule has 0 spiro atoms. The molecule has 0 aliphatic carbocycles. The average molecular weight is 255 g/mol. The normalized spacial score (nSPS) is 21.9. The highest BCUT2D eigenvalue weighted by Gasteiger charge is 2.24. The number of hydrogen-bond acceptors (Lipinski definition) is 3. The van der Waals surface area contributed by atoms with Crippen molar-refractivity contribution in [2.24, 2.45) is 0 Å². The molecule has 0 bridgehead atoms. The summed E-state index contributed by atoms with van der Waals surface area (Å²) in [6, 6.07) is 6.13. The predicted molar refractivity (Wildman–Crippen MR) is 71.7 cm³/mol. The van der Waals surface area contributed by atoms with E-state index in [-0.39, 0.29) is 6.61 Å². The number of piperazine rings is 1. The number of para-hydroxylation sites is 1. The van der Waals surface area contributed by atoms with E-state index in [0.717, 1.165) is 35.9 Å². The summed E-state index contributed by atoms with van der Waals surface area (Å²) in [6.45, 7) is 5.24. The number of halogens is 1. The molecule has 1 aliphatic rings. The van der Waals surface area contributed by atoms with Gasteiger partial charge in [-0.05, 0) is 20.0 Å². The average Bonchev–Trinajstić information content (AvgIpc) is 2.30. The summed E-state index contributed by atoms with van der Waals surface area (Å²) in [4.78, 5) is 4.62. The lowest BCUT2D eigenvalue weighted by Gasteiger charge is -2.41. The van der Waals surface area contributed by atoms with Gasteiger partial charge in [0.05, 0.1) is 17.3 Å². The van der Waals surface area contributed by atoms with Crippen molar-refractivity contribution in [3.05, 3.63) is 28.8 Å². The summed E-state index contributed by atoms with van der Waals surface area (Å²) < 4.78 is 0. The Morgan fingerprint density at radius 1 is 1.41 bits per heavy atom. The van der Waals surface area contributed by atoms with Crippen molar-refractivity contribution in [3.63, 3.8) is 0 Å². The fraction of sp³-hybridized carbons (Fsp3) is 0.538. The monoisotopic (exact) mass is 254 g/mol. The Morgan fingerprint density at radius 3 is 2.82 bits per heavy atom. The van der Waals surface area contributed by atoms with E-state index in [1.165, 1.54) is 0 Å². The van der Waals surface area contributed by atoms with Crippen molar-refractivity contribution in [1.82, 2.24) is 4.90 Å². The number of benzene rings is 1. The van der Waals surface area contributed by atoms with Crippen molar-refractivity contribution in [2.45, 2.75) is 19.6 Å². The van der Waals surface area contributed by atoms with E-state index in [4.69, 9.17) is 11.6 Å². The van der Waals surface area contributed by atoms with Crippen LogP contribution >= 0.6 is 11.6 Å². The van der Waals surface area contributed by atoms with Crippen LogP contribution in [0.15, 0.2) is 18.2 Å². The standard InChI is InChI=1S/C13H19ClN2O/c1-10-8-15(2)6-7-16(10)13-11(9-17)4-3-5-12(13)14/h3-5,10,17H,6-9H2,1-2H3. The van der Waals surface area contributed by atoms with Crippen LogP contribution in [-0.2, 0) is 6.61 Å². The van der Waals surface area contributed by atoms with Crippen LogP contribution in [0.2, 0.25) is 5.02 Å². The molecule has 1 heterocycles. The van der Waals surface area contributed by atoms with Gasteiger partial charge in [-0.25, -0.2) is 0 Å². The second-order valence-corrected chi connectivity index (χ2v) is 5.12. The van der Waals surface area contributed by atoms with Crippen molar-refractivity contribution in [1.29, 1.82) is 0 Å². The number of anilines is 1. The minimum Gasteiger partial charge on any atom is -0.392 e. The zero-order valence-electron chi connectivity index (χ0n) is 10.4. The summed E-state index contributed by atoms with van der Waals surface area (Å²) in [5.74, 6) is 0. The van der Waals surface area contributed by atoms with Crippen molar-refractivity contribution < 1.29 is 5.11 Å². The molecule has 17 heavy (non-hydrogen) atoms. The Labute approximate surface area is 108 Å². The Balaban J connectivity index is 2.33. The van der Waals surface area contributed by atoms with E-state index < -0.39 is 0 Å². The first-order chi connectivity index (χ1) is 8.13. The second kappa shape index (κ2) is 5.25. The van der Waals surface area contributed by atoms with Crippen LogP contribution in [0, 0.1) is 0 Å². The molecule has 0 radical (unpaired) electrons. The number of likely N-dealkylation sites (N-methyl/N-ethyl adjacent to an activating group) is 1. The number of rotatable bonds is 2. The zero-order valence-corrected chi connectivity index (χ0v) is 11.1. The Morgan fingerprint density at radius 2 is 2.18 bits per heavy atom. The second-order valence-electron chi connectivity index (χ2n) is 4.71. The van der Waals surface area contributed by atoms with Crippen LogP contribution in [-0.4, -0.2) is 42.7 Å². The predicted octanol–water partition coefficient (Wildman–Crippen LogP) is 1.97. The lowest BCUT2D eigenvalue weighted by molar-refractivity contribution is 0.269. The van der Waals surface area contributed by atoms with E-state index in [9.17, 15) is 5.11 Å². The van der Waals surface area contributed by atoms with E-state index in [1.807, 2.05) is 18.2 Å². The largest absolute Gasteiger partial charge is 0.392 e. The van der Waals surface area contributed by atoms with Gasteiger partial charge in [-0.15, -0.1) is 0 Å². The van der Waals surface area contributed by atoms with Crippen molar-refractivity contribution in [3.8, 4) is 0 Å². The number of hydrogen-bond donors (Lipinski definition) is 1. The third kappa shape index (κ3) is 2.57. The summed E-state index contributed by atoms with van der Waals surface area (Å²) in [5.41, 5.74) is 1.91. The molecule has 94 valence electrons. The highest BCUT2D eigenvalue weighted by molar-refractivity contribution is 6.33. The molecule has 1 aromatic rings. The van der Waals surface area contributed by atoms with Crippen LogP contribution in [0.3, 0.4) is 0 Å². The van der Waals surface area contributed by atoms with E-state index in [2.05, 4.69) is 23.8 Å². The van der Waals surface area contributed by atoms with E-state index in [1.54, 1.807) is 0 Å². The maximum Gasteiger partial charge on any atom is 0.0702 e. The molecule has 1 fully saturated rings. The smallest absolute Gasteiger partial charge is 0.0702 e. The van der Waals surface area contributed by atoms with Crippen LogP contribution in [0.1, 0.15) is 12.5 Å². The molecule has 0 aromatic heterocycles. The molecule has 2 rings (SSSR count). The Kier molecular flexibility index (Phi) is 3.92. The summed E-state index contributed by atoms with van der Waals surface area (Å²) in [5, 5.41) is 10.1. The third-order valence-electron chi connectivity index (χ3n) is 3.36. The topological polar surface area (TPSA) is 26.7 Å². The molecule has 1 atom stereocenters. The summed E-state index contributed by atoms with van der Waals surface area (Å²) in [6.07, 6.45) is 0. The SMILES string of the molecule is CC1CN(C)CCN1c1c(Cl)cccc1CO. The minimum absolute atomic E-state index is 0.0367. The minimum atomic E-state index is 0.0367. The maximum absolute atomic E-state index is 9.42. The van der Waals surface area contributed by atoms with Crippen molar-refractivity contribution >= 4 is 17.3 Å². The molecule has 0 amide bonds. The Hall–Kier alpha value is -0.770. The number of aliphatic hydroxyl groups excluding tert-OH is 1. The first kappa shape index (κ1) is 12.7. The van der Waals surface area contributed by atoms with Gasteiger partial charge in [0, 0.05) is 31.2 Å². The van der Waals surface area contributed by atoms with Gasteiger partial charge in [0.2, 0.25) is 0 Å². The molecule has 1 saturated heterocycles. The summed E-state index contributed by atoms with van der Waals surface area (Å²) >= 11 is 6.28. The lowest BCUT2D eigenvalue weighted by Crippen LogP contribution is -2.50. The summed E-state index contributed by atoms with van der Waals surface area (Å²) in [7, 11) is 2.13. The Bertz CT molecular complexity index is 397. The highest BCUT2D eigenvalue weighted by atomic mass is 35.5. The first-order valence-corrected chi connectivity index (χ1v) is 6.34. The fourth-order valence-corrected chi connectivity index (χ4v) is 2.78. The molecule has 1 aromatic carbocycles. The van der Waals surface area contributed by atoms with E-state index >= 15 is 0 Å². The van der Waals surface area contributed by atoms with Gasteiger partial charge in [-0.1, -0.05) is 23.7 Å². The van der Waals surface area contributed by atoms with Gasteiger partial charge in [0.15, 0.2) is 0 Å². The van der Waals surface area contributed by atoms with Crippen LogP contribution in [0.25, 0.3) is 0 Å².